The predicted octanol–water partition coefficient (Wildman–Crippen LogP) is 2.75. The maximum absolute atomic E-state index is 12.0. The zero-order valence-corrected chi connectivity index (χ0v) is 19.8. The highest BCUT2D eigenvalue weighted by Crippen LogP contribution is 2.39. The monoisotopic (exact) mass is 493 g/mol. The van der Waals surface area contributed by atoms with Crippen LogP contribution < -0.4 is 10.9 Å². The van der Waals surface area contributed by atoms with Crippen LogP contribution in [0.15, 0.2) is 77.7 Å². The lowest BCUT2D eigenvalue weighted by Gasteiger charge is -2.18. The van der Waals surface area contributed by atoms with Gasteiger partial charge in [-0.05, 0) is 28.8 Å². The van der Waals surface area contributed by atoms with Crippen molar-refractivity contribution in [2.45, 2.75) is 35.7 Å². The summed E-state index contributed by atoms with van der Waals surface area (Å²) in [4.78, 5) is 0.0897. The van der Waals surface area contributed by atoms with Gasteiger partial charge < -0.3 is 19.9 Å². The van der Waals surface area contributed by atoms with E-state index < -0.39 is 10.0 Å². The maximum Gasteiger partial charge on any atom is 0.238 e. The van der Waals surface area contributed by atoms with Gasteiger partial charge in [0.25, 0.3) is 0 Å². The predicted molar refractivity (Wildman–Crippen MR) is 132 cm³/mol. The van der Waals surface area contributed by atoms with E-state index in [2.05, 4.69) is 0 Å². The minimum absolute atomic E-state index is 0.0416. The van der Waals surface area contributed by atoms with Crippen LogP contribution >= 0.6 is 0 Å². The number of ether oxygens (including phenoxy) is 3. The molecule has 0 radical (unpaired) electrons. The third kappa shape index (κ3) is 4.86. The van der Waals surface area contributed by atoms with E-state index in [1.54, 1.807) is 18.2 Å². The van der Waals surface area contributed by atoms with Crippen molar-refractivity contribution in [3.8, 4) is 11.1 Å². The molecule has 0 amide bonds. The number of rotatable bonds is 7. The lowest BCUT2D eigenvalue weighted by Crippen LogP contribution is -2.31. The third-order valence-electron chi connectivity index (χ3n) is 6.55. The summed E-state index contributed by atoms with van der Waals surface area (Å²) in [6.07, 6.45) is -0.475. The fourth-order valence-electron chi connectivity index (χ4n) is 4.79. The molecule has 0 saturated carbocycles. The summed E-state index contributed by atoms with van der Waals surface area (Å²) in [5, 5.41) is 13.0. The van der Waals surface area contributed by atoms with Crippen molar-refractivity contribution < 1.29 is 22.6 Å². The fraction of sp³-hybridized carbons (Fsp3) is 0.269. The topological polar surface area (TPSA) is 138 Å². The van der Waals surface area contributed by atoms with Crippen LogP contribution in [0.4, 0.5) is 0 Å². The van der Waals surface area contributed by atoms with Gasteiger partial charge in [0.2, 0.25) is 10.0 Å². The molecule has 0 aliphatic carbocycles. The number of hydrogen-bond acceptors (Lipinski definition) is 6. The molecule has 2 heterocycles. The van der Waals surface area contributed by atoms with Crippen molar-refractivity contribution in [3.63, 3.8) is 0 Å². The van der Waals surface area contributed by atoms with E-state index >= 15 is 0 Å². The number of nitrogens with two attached hydrogens (primary N) is 2. The molecule has 182 valence electrons. The Morgan fingerprint density at radius 2 is 1.71 bits per heavy atom. The first-order chi connectivity index (χ1) is 16.8. The Balaban J connectivity index is 1.26. The molecule has 2 fully saturated rings. The fourth-order valence-corrected chi connectivity index (χ4v) is 5.55. The van der Waals surface area contributed by atoms with Crippen molar-refractivity contribution >= 4 is 15.9 Å². The highest BCUT2D eigenvalue weighted by Gasteiger charge is 2.48. The van der Waals surface area contributed by atoms with Crippen LogP contribution in [0.3, 0.4) is 0 Å². The summed E-state index contributed by atoms with van der Waals surface area (Å²) in [6.45, 7) is 1.31. The van der Waals surface area contributed by atoms with Gasteiger partial charge in [-0.15, -0.1) is 0 Å². The molecule has 5 rings (SSSR count). The zero-order valence-electron chi connectivity index (χ0n) is 19.0. The Kier molecular flexibility index (Phi) is 6.43. The van der Waals surface area contributed by atoms with E-state index in [4.69, 9.17) is 30.5 Å². The van der Waals surface area contributed by atoms with Crippen molar-refractivity contribution in [2.75, 3.05) is 13.2 Å². The first kappa shape index (κ1) is 23.7. The molecule has 2 saturated heterocycles. The first-order valence-electron chi connectivity index (χ1n) is 11.3. The highest BCUT2D eigenvalue weighted by atomic mass is 32.2. The molecule has 5 N–H and O–H groups in total. The van der Waals surface area contributed by atoms with Gasteiger partial charge >= 0.3 is 0 Å². The summed E-state index contributed by atoms with van der Waals surface area (Å²) in [6, 6.07) is 21.9. The maximum atomic E-state index is 12.0. The summed E-state index contributed by atoms with van der Waals surface area (Å²) in [7, 11) is -3.85. The Hall–Kier alpha value is -3.08. The Morgan fingerprint density at radius 1 is 0.971 bits per heavy atom. The summed E-state index contributed by atoms with van der Waals surface area (Å²) in [5.41, 5.74) is 9.54. The van der Waals surface area contributed by atoms with E-state index in [0.717, 1.165) is 16.7 Å². The van der Waals surface area contributed by atoms with Crippen LogP contribution in [0.5, 0.6) is 0 Å². The van der Waals surface area contributed by atoms with Gasteiger partial charge in [0.15, 0.2) is 0 Å². The molecule has 4 atom stereocenters. The van der Waals surface area contributed by atoms with Gasteiger partial charge in [0, 0.05) is 17.0 Å². The smallest absolute Gasteiger partial charge is 0.238 e. The molecule has 0 bridgehead atoms. The molecular formula is C26H27N3O5S. The quantitative estimate of drug-likeness (QED) is 0.342. The second kappa shape index (κ2) is 9.52. The largest absolute Gasteiger partial charge is 0.384 e. The van der Waals surface area contributed by atoms with E-state index in [1.807, 2.05) is 48.5 Å². The summed E-state index contributed by atoms with van der Waals surface area (Å²) < 4.78 is 42.3. The normalized spacial score (nSPS) is 23.8. The van der Waals surface area contributed by atoms with Gasteiger partial charge in [0.1, 0.15) is 18.0 Å². The third-order valence-corrected chi connectivity index (χ3v) is 7.52. The second-order valence-electron chi connectivity index (χ2n) is 8.83. The number of sulfonamides is 1. The molecule has 3 aromatic rings. The van der Waals surface area contributed by atoms with Gasteiger partial charge in [-0.1, -0.05) is 60.7 Å². The van der Waals surface area contributed by atoms with Crippen molar-refractivity contribution in [1.29, 1.82) is 5.41 Å². The number of fused-ring (bicyclic) bond motifs is 1. The Morgan fingerprint density at radius 3 is 2.46 bits per heavy atom. The number of nitrogens with one attached hydrogen (secondary N) is 1. The van der Waals surface area contributed by atoms with E-state index in [1.165, 1.54) is 6.07 Å². The standard InChI is InChI=1S/C26H27N3O5S/c27-26(28)18-10-8-17(9-11-18)21-14-33-25-22(15-34-24(21)25)32-13-16-4-3-5-19(12-16)20-6-1-2-7-23(20)35(29,30)31/h1-12,21-22,24-25H,13-15H2,(H3,27,28)(H2,29,30,31)/t21-,22-,24-,25-/m1/s1. The SMILES string of the molecule is N=C(N)c1ccc([C@H]2CO[C@H]3[C@@H]2OC[C@H]3OCc2cccc(-c3ccccc3S(N)(=O)=O)c2)cc1. The minimum Gasteiger partial charge on any atom is -0.384 e. The van der Waals surface area contributed by atoms with Crippen LogP contribution in [0, 0.1) is 5.41 Å². The second-order valence-corrected chi connectivity index (χ2v) is 10.4. The van der Waals surface area contributed by atoms with Crippen molar-refractivity contribution in [1.82, 2.24) is 0 Å². The molecule has 8 nitrogen and oxygen atoms in total. The van der Waals surface area contributed by atoms with E-state index in [-0.39, 0.29) is 35.0 Å². The van der Waals surface area contributed by atoms with Crippen LogP contribution in [0.2, 0.25) is 0 Å². The van der Waals surface area contributed by atoms with Crippen LogP contribution in [-0.4, -0.2) is 45.8 Å². The van der Waals surface area contributed by atoms with Crippen LogP contribution in [0.1, 0.15) is 22.6 Å². The van der Waals surface area contributed by atoms with E-state index in [9.17, 15) is 8.42 Å². The lowest BCUT2D eigenvalue weighted by atomic mass is 9.92. The minimum atomic E-state index is -3.85. The van der Waals surface area contributed by atoms with Gasteiger partial charge in [-0.25, -0.2) is 13.6 Å². The number of nitrogen functional groups attached to an aromatic ring is 1. The zero-order chi connectivity index (χ0) is 24.6. The number of primary sulfonamides is 1. The molecule has 0 spiro atoms. The van der Waals surface area contributed by atoms with Gasteiger partial charge in [-0.3, -0.25) is 5.41 Å². The molecule has 9 heteroatoms. The van der Waals surface area contributed by atoms with Crippen molar-refractivity contribution in [2.24, 2.45) is 10.9 Å². The van der Waals surface area contributed by atoms with Crippen molar-refractivity contribution in [3.05, 3.63) is 89.5 Å². The number of hydrogen-bond donors (Lipinski definition) is 3. The van der Waals surface area contributed by atoms with Crippen LogP contribution in [-0.2, 0) is 30.8 Å². The summed E-state index contributed by atoms with van der Waals surface area (Å²) in [5.74, 6) is 0.132. The Labute approximate surface area is 204 Å². The lowest BCUT2D eigenvalue weighted by molar-refractivity contribution is -0.0390. The molecule has 0 unspecified atom stereocenters. The van der Waals surface area contributed by atoms with Crippen LogP contribution in [0.25, 0.3) is 11.1 Å². The number of amidine groups is 1. The van der Waals surface area contributed by atoms with Gasteiger partial charge in [-0.2, -0.15) is 0 Å². The molecule has 0 aromatic heterocycles. The average Bonchev–Trinajstić information content (AvgIpc) is 3.45. The molecule has 2 aliphatic rings. The van der Waals surface area contributed by atoms with Gasteiger partial charge in [0.05, 0.1) is 30.8 Å². The summed E-state index contributed by atoms with van der Waals surface area (Å²) >= 11 is 0. The highest BCUT2D eigenvalue weighted by molar-refractivity contribution is 7.89. The molecule has 35 heavy (non-hydrogen) atoms. The Bertz CT molecular complexity index is 1340. The molecule has 2 aliphatic heterocycles. The molecule has 3 aromatic carbocycles. The average molecular weight is 494 g/mol. The van der Waals surface area contributed by atoms with E-state index in [0.29, 0.717) is 30.9 Å². The number of benzene rings is 3. The molecular weight excluding hydrogens is 466 g/mol. The first-order valence-corrected chi connectivity index (χ1v) is 12.9.